The number of carbonyl (C=O) groups is 1. The van der Waals surface area contributed by atoms with Crippen molar-refractivity contribution in [2.45, 2.75) is 23.8 Å². The molecule has 0 N–H and O–H groups in total. The number of carbonyl (C=O) groups excluding carboxylic acids is 1. The van der Waals surface area contributed by atoms with Gasteiger partial charge < -0.3 is 9.64 Å². The number of rotatable bonds is 5. The Morgan fingerprint density at radius 3 is 2.70 bits per heavy atom. The van der Waals surface area contributed by atoms with Crippen molar-refractivity contribution in [1.82, 2.24) is 14.8 Å². The summed E-state index contributed by atoms with van der Waals surface area (Å²) in [5.74, 6) is 0.811. The van der Waals surface area contributed by atoms with Gasteiger partial charge in [0.2, 0.25) is 5.91 Å². The Morgan fingerprint density at radius 1 is 1.15 bits per heavy atom. The van der Waals surface area contributed by atoms with Crippen molar-refractivity contribution < 1.29 is 9.53 Å². The summed E-state index contributed by atoms with van der Waals surface area (Å²) in [4.78, 5) is 14.9. The third-order valence-electron chi connectivity index (χ3n) is 4.64. The van der Waals surface area contributed by atoms with E-state index in [1.54, 1.807) is 13.4 Å². The molecule has 0 unspecified atom stereocenters. The van der Waals surface area contributed by atoms with E-state index in [0.29, 0.717) is 5.16 Å². The predicted molar refractivity (Wildman–Crippen MR) is 106 cm³/mol. The standard InChI is InChI=1S/C20H20N4O2S/c1-14(19(25)23-12-11-15-7-3-4-8-16(15)23)27-20-22-21-13-24(20)17-9-5-6-10-18(17)26-2/h3-10,13-14H,11-12H2,1-2H3/t14-/m0/s1. The zero-order valence-electron chi connectivity index (χ0n) is 15.2. The Hall–Kier alpha value is -2.80. The van der Waals surface area contributed by atoms with Gasteiger partial charge in [-0.05, 0) is 37.1 Å². The number of ether oxygens (including phenoxy) is 1. The summed E-state index contributed by atoms with van der Waals surface area (Å²) in [5.41, 5.74) is 3.08. The Morgan fingerprint density at radius 2 is 1.89 bits per heavy atom. The Labute approximate surface area is 162 Å². The van der Waals surface area contributed by atoms with E-state index >= 15 is 0 Å². The highest BCUT2D eigenvalue weighted by molar-refractivity contribution is 8.00. The molecule has 0 saturated heterocycles. The van der Waals surface area contributed by atoms with Crippen LogP contribution in [0.15, 0.2) is 60.0 Å². The maximum absolute atomic E-state index is 13.0. The summed E-state index contributed by atoms with van der Waals surface area (Å²) in [6.07, 6.45) is 2.54. The van der Waals surface area contributed by atoms with Gasteiger partial charge in [-0.25, -0.2) is 0 Å². The first-order valence-corrected chi connectivity index (χ1v) is 9.66. The average molecular weight is 380 g/mol. The number of benzene rings is 2. The van der Waals surface area contributed by atoms with E-state index in [2.05, 4.69) is 16.3 Å². The highest BCUT2D eigenvalue weighted by Gasteiger charge is 2.29. The summed E-state index contributed by atoms with van der Waals surface area (Å²) < 4.78 is 7.29. The number of amides is 1. The molecule has 1 amide bonds. The third kappa shape index (κ3) is 3.30. The molecule has 4 rings (SSSR count). The van der Waals surface area contributed by atoms with Crippen LogP contribution in [-0.2, 0) is 11.2 Å². The monoisotopic (exact) mass is 380 g/mol. The van der Waals surface area contributed by atoms with E-state index in [4.69, 9.17) is 4.74 Å². The molecule has 138 valence electrons. The lowest BCUT2D eigenvalue weighted by Gasteiger charge is -2.21. The molecule has 1 aliphatic rings. The van der Waals surface area contributed by atoms with Gasteiger partial charge in [0.1, 0.15) is 12.1 Å². The Balaban J connectivity index is 1.56. The number of fused-ring (bicyclic) bond motifs is 1. The van der Waals surface area contributed by atoms with Crippen LogP contribution in [0.3, 0.4) is 0 Å². The molecule has 0 saturated carbocycles. The minimum atomic E-state index is -0.284. The zero-order chi connectivity index (χ0) is 18.8. The van der Waals surface area contributed by atoms with E-state index in [0.717, 1.165) is 30.1 Å². The topological polar surface area (TPSA) is 60.2 Å². The van der Waals surface area contributed by atoms with Crippen LogP contribution in [0.5, 0.6) is 5.75 Å². The molecule has 6 nitrogen and oxygen atoms in total. The highest BCUT2D eigenvalue weighted by Crippen LogP contribution is 2.32. The maximum Gasteiger partial charge on any atom is 0.240 e. The molecule has 0 spiro atoms. The lowest BCUT2D eigenvalue weighted by molar-refractivity contribution is -0.117. The summed E-state index contributed by atoms with van der Waals surface area (Å²) in [7, 11) is 1.63. The molecule has 0 radical (unpaired) electrons. The molecule has 2 aromatic carbocycles. The lowest BCUT2D eigenvalue weighted by Crippen LogP contribution is -2.35. The van der Waals surface area contributed by atoms with Crippen LogP contribution in [0.1, 0.15) is 12.5 Å². The average Bonchev–Trinajstić information content (AvgIpc) is 3.34. The molecule has 3 aromatic rings. The first-order valence-electron chi connectivity index (χ1n) is 8.78. The van der Waals surface area contributed by atoms with Gasteiger partial charge >= 0.3 is 0 Å². The van der Waals surface area contributed by atoms with Crippen molar-refractivity contribution >= 4 is 23.4 Å². The smallest absolute Gasteiger partial charge is 0.240 e. The Kier molecular flexibility index (Phi) is 4.85. The van der Waals surface area contributed by atoms with Crippen molar-refractivity contribution in [2.75, 3.05) is 18.6 Å². The second-order valence-electron chi connectivity index (χ2n) is 6.28. The van der Waals surface area contributed by atoms with Gasteiger partial charge in [-0.2, -0.15) is 0 Å². The summed E-state index contributed by atoms with van der Waals surface area (Å²) >= 11 is 1.40. The SMILES string of the molecule is COc1ccccc1-n1cnnc1S[C@@H](C)C(=O)N1CCc2ccccc21. The molecule has 0 aliphatic carbocycles. The van der Waals surface area contributed by atoms with Gasteiger partial charge in [0.15, 0.2) is 5.16 Å². The highest BCUT2D eigenvalue weighted by atomic mass is 32.2. The summed E-state index contributed by atoms with van der Waals surface area (Å²) in [5, 5.41) is 8.62. The van der Waals surface area contributed by atoms with Gasteiger partial charge in [0.05, 0.1) is 18.0 Å². The third-order valence-corrected chi connectivity index (χ3v) is 5.69. The van der Waals surface area contributed by atoms with Crippen LogP contribution >= 0.6 is 11.8 Å². The fraction of sp³-hybridized carbons (Fsp3) is 0.250. The van der Waals surface area contributed by atoms with Crippen LogP contribution in [0.4, 0.5) is 5.69 Å². The number of thioether (sulfide) groups is 1. The first-order chi connectivity index (χ1) is 13.2. The molecular weight excluding hydrogens is 360 g/mol. The van der Waals surface area contributed by atoms with Gasteiger partial charge in [0, 0.05) is 12.2 Å². The van der Waals surface area contributed by atoms with Gasteiger partial charge in [0.25, 0.3) is 0 Å². The largest absolute Gasteiger partial charge is 0.495 e. The fourth-order valence-electron chi connectivity index (χ4n) is 3.29. The molecule has 1 aliphatic heterocycles. The molecule has 7 heteroatoms. The number of hydrogen-bond acceptors (Lipinski definition) is 5. The second kappa shape index (κ2) is 7.44. The number of para-hydroxylation sites is 3. The number of methoxy groups -OCH3 is 1. The number of aromatic nitrogens is 3. The van der Waals surface area contributed by atoms with Crippen LogP contribution in [-0.4, -0.2) is 39.6 Å². The molecular formula is C20H20N4O2S. The predicted octanol–water partition coefficient (Wildman–Crippen LogP) is 3.35. The van der Waals surface area contributed by atoms with E-state index in [1.165, 1.54) is 17.3 Å². The van der Waals surface area contributed by atoms with Gasteiger partial charge in [-0.1, -0.05) is 42.1 Å². The van der Waals surface area contributed by atoms with Crippen LogP contribution < -0.4 is 9.64 Å². The minimum Gasteiger partial charge on any atom is -0.495 e. The van der Waals surface area contributed by atoms with Crippen molar-refractivity contribution in [3.8, 4) is 11.4 Å². The van der Waals surface area contributed by atoms with Crippen LogP contribution in [0, 0.1) is 0 Å². The lowest BCUT2D eigenvalue weighted by atomic mass is 10.2. The number of nitrogens with zero attached hydrogens (tertiary/aromatic N) is 4. The first kappa shape index (κ1) is 17.6. The quantitative estimate of drug-likeness (QED) is 0.636. The second-order valence-corrected chi connectivity index (χ2v) is 7.59. The van der Waals surface area contributed by atoms with Crippen molar-refractivity contribution in [3.63, 3.8) is 0 Å². The summed E-state index contributed by atoms with van der Waals surface area (Å²) in [6.45, 7) is 2.64. The molecule has 1 atom stereocenters. The maximum atomic E-state index is 13.0. The molecule has 0 bridgehead atoms. The van der Waals surface area contributed by atoms with Crippen molar-refractivity contribution in [3.05, 3.63) is 60.4 Å². The number of hydrogen-bond donors (Lipinski definition) is 0. The van der Waals surface area contributed by atoms with Crippen LogP contribution in [0.25, 0.3) is 5.69 Å². The van der Waals surface area contributed by atoms with E-state index in [-0.39, 0.29) is 11.2 Å². The van der Waals surface area contributed by atoms with E-state index < -0.39 is 0 Å². The van der Waals surface area contributed by atoms with Crippen LogP contribution in [0.2, 0.25) is 0 Å². The number of anilines is 1. The van der Waals surface area contributed by atoms with E-state index in [9.17, 15) is 4.79 Å². The van der Waals surface area contributed by atoms with E-state index in [1.807, 2.05) is 58.9 Å². The molecule has 27 heavy (non-hydrogen) atoms. The summed E-state index contributed by atoms with van der Waals surface area (Å²) in [6, 6.07) is 15.8. The molecule has 2 heterocycles. The minimum absolute atomic E-state index is 0.0829. The normalized spacial score (nSPS) is 14.1. The molecule has 1 aromatic heterocycles. The fourth-order valence-corrected chi connectivity index (χ4v) is 4.19. The van der Waals surface area contributed by atoms with Gasteiger partial charge in [-0.3, -0.25) is 9.36 Å². The molecule has 0 fully saturated rings. The van der Waals surface area contributed by atoms with Crippen molar-refractivity contribution in [1.29, 1.82) is 0 Å². The van der Waals surface area contributed by atoms with Gasteiger partial charge in [-0.15, -0.1) is 10.2 Å². The zero-order valence-corrected chi connectivity index (χ0v) is 16.0. The van der Waals surface area contributed by atoms with Crippen molar-refractivity contribution in [2.24, 2.45) is 0 Å². The Bertz CT molecular complexity index is 972.